The van der Waals surface area contributed by atoms with Gasteiger partial charge in [-0.3, -0.25) is 4.79 Å². The highest BCUT2D eigenvalue weighted by Crippen LogP contribution is 2.22. The molecule has 2 rings (SSSR count). The van der Waals surface area contributed by atoms with Crippen molar-refractivity contribution < 1.29 is 18.7 Å². The molecule has 0 aliphatic heterocycles. The summed E-state index contributed by atoms with van der Waals surface area (Å²) in [5.41, 5.74) is 1.46. The summed E-state index contributed by atoms with van der Waals surface area (Å²) >= 11 is 6.00. The Morgan fingerprint density at radius 3 is 2.86 bits per heavy atom. The highest BCUT2D eigenvalue weighted by Gasteiger charge is 2.08. The Morgan fingerprint density at radius 2 is 2.18 bits per heavy atom. The number of aryl methyl sites for hydroxylation is 1. The molecular formula is C16H14ClNO4. The van der Waals surface area contributed by atoms with Crippen LogP contribution in [0, 0.1) is 6.92 Å². The molecule has 1 aromatic heterocycles. The zero-order valence-electron chi connectivity index (χ0n) is 11.8. The van der Waals surface area contributed by atoms with Gasteiger partial charge in [0.2, 0.25) is 0 Å². The number of amides is 1. The van der Waals surface area contributed by atoms with Crippen molar-refractivity contribution in [3.63, 3.8) is 0 Å². The quantitative estimate of drug-likeness (QED) is 0.677. The molecule has 1 aromatic carbocycles. The van der Waals surface area contributed by atoms with Crippen LogP contribution in [0.2, 0.25) is 5.02 Å². The SMILES string of the molecule is Cc1ccc(NC(=O)COC(=O)C=Cc2ccco2)c(Cl)c1. The maximum Gasteiger partial charge on any atom is 0.331 e. The summed E-state index contributed by atoms with van der Waals surface area (Å²) in [5, 5.41) is 3.00. The summed E-state index contributed by atoms with van der Waals surface area (Å²) in [4.78, 5) is 23.1. The molecule has 0 atom stereocenters. The van der Waals surface area contributed by atoms with Crippen LogP contribution in [0.3, 0.4) is 0 Å². The summed E-state index contributed by atoms with van der Waals surface area (Å²) in [6.07, 6.45) is 4.13. The number of hydrogen-bond acceptors (Lipinski definition) is 4. The maximum absolute atomic E-state index is 11.7. The normalized spacial score (nSPS) is 10.6. The van der Waals surface area contributed by atoms with Crippen LogP contribution in [0.5, 0.6) is 0 Å². The fourth-order valence-corrected chi connectivity index (χ4v) is 1.91. The number of halogens is 1. The molecule has 2 aromatic rings. The van der Waals surface area contributed by atoms with Crippen molar-refractivity contribution in [1.29, 1.82) is 0 Å². The van der Waals surface area contributed by atoms with E-state index >= 15 is 0 Å². The van der Waals surface area contributed by atoms with Gasteiger partial charge >= 0.3 is 5.97 Å². The molecule has 1 N–H and O–H groups in total. The number of carbonyl (C=O) groups excluding carboxylic acids is 2. The second-order valence-corrected chi connectivity index (χ2v) is 4.90. The first-order valence-electron chi connectivity index (χ1n) is 6.49. The van der Waals surface area contributed by atoms with Gasteiger partial charge in [0, 0.05) is 6.08 Å². The minimum absolute atomic E-state index is 0.397. The fraction of sp³-hybridized carbons (Fsp3) is 0.125. The molecule has 6 heteroatoms. The largest absolute Gasteiger partial charge is 0.465 e. The first-order valence-corrected chi connectivity index (χ1v) is 6.87. The molecule has 114 valence electrons. The molecule has 5 nitrogen and oxygen atoms in total. The van der Waals surface area contributed by atoms with E-state index in [1.54, 1.807) is 24.3 Å². The van der Waals surface area contributed by atoms with Gasteiger partial charge in [-0.05, 0) is 42.8 Å². The topological polar surface area (TPSA) is 68.5 Å². The molecule has 0 aliphatic rings. The number of rotatable bonds is 5. The number of hydrogen-bond donors (Lipinski definition) is 1. The molecule has 0 fully saturated rings. The first kappa shape index (κ1) is 15.9. The number of carbonyl (C=O) groups is 2. The van der Waals surface area contributed by atoms with Crippen LogP contribution in [0.4, 0.5) is 5.69 Å². The summed E-state index contributed by atoms with van der Waals surface area (Å²) in [6, 6.07) is 8.63. The van der Waals surface area contributed by atoms with Gasteiger partial charge in [0.25, 0.3) is 5.91 Å². The van der Waals surface area contributed by atoms with E-state index in [0.29, 0.717) is 16.5 Å². The third-order valence-corrected chi connectivity index (χ3v) is 2.98. The lowest BCUT2D eigenvalue weighted by molar-refractivity contribution is -0.142. The van der Waals surface area contributed by atoms with E-state index in [1.807, 2.05) is 13.0 Å². The Balaban J connectivity index is 1.81. The van der Waals surface area contributed by atoms with Gasteiger partial charge in [-0.25, -0.2) is 4.79 Å². The molecule has 0 saturated heterocycles. The van der Waals surface area contributed by atoms with E-state index in [-0.39, 0.29) is 0 Å². The Bertz CT molecular complexity index is 692. The highest BCUT2D eigenvalue weighted by molar-refractivity contribution is 6.33. The predicted octanol–water partition coefficient (Wildman–Crippen LogP) is 3.44. The Morgan fingerprint density at radius 1 is 1.36 bits per heavy atom. The molecule has 0 radical (unpaired) electrons. The minimum atomic E-state index is -0.637. The van der Waals surface area contributed by atoms with Crippen LogP contribution in [-0.4, -0.2) is 18.5 Å². The monoisotopic (exact) mass is 319 g/mol. The maximum atomic E-state index is 11.7. The van der Waals surface area contributed by atoms with Crippen LogP contribution in [0.1, 0.15) is 11.3 Å². The zero-order chi connectivity index (χ0) is 15.9. The van der Waals surface area contributed by atoms with Gasteiger partial charge in [0.05, 0.1) is 17.0 Å². The lowest BCUT2D eigenvalue weighted by atomic mass is 10.2. The third-order valence-electron chi connectivity index (χ3n) is 2.67. The summed E-state index contributed by atoms with van der Waals surface area (Å²) in [6.45, 7) is 1.50. The van der Waals surface area contributed by atoms with Crippen molar-refractivity contribution in [1.82, 2.24) is 0 Å². The number of nitrogens with one attached hydrogen (secondary N) is 1. The van der Waals surface area contributed by atoms with Gasteiger partial charge in [-0.15, -0.1) is 0 Å². The molecule has 1 heterocycles. The van der Waals surface area contributed by atoms with Crippen LogP contribution in [0.15, 0.2) is 47.1 Å². The van der Waals surface area contributed by atoms with E-state index in [4.69, 9.17) is 20.8 Å². The van der Waals surface area contributed by atoms with E-state index in [0.717, 1.165) is 5.56 Å². The lowest BCUT2D eigenvalue weighted by Gasteiger charge is -2.07. The summed E-state index contributed by atoms with van der Waals surface area (Å²) in [7, 11) is 0. The van der Waals surface area contributed by atoms with Gasteiger partial charge in [0.1, 0.15) is 5.76 Å². The molecule has 22 heavy (non-hydrogen) atoms. The second-order valence-electron chi connectivity index (χ2n) is 4.49. The van der Waals surface area contributed by atoms with Crippen molar-refractivity contribution in [2.24, 2.45) is 0 Å². The molecule has 1 amide bonds. The smallest absolute Gasteiger partial charge is 0.331 e. The number of benzene rings is 1. The highest BCUT2D eigenvalue weighted by atomic mass is 35.5. The summed E-state index contributed by atoms with van der Waals surface area (Å²) < 4.78 is 9.84. The van der Waals surface area contributed by atoms with Gasteiger partial charge in [-0.2, -0.15) is 0 Å². The predicted molar refractivity (Wildman–Crippen MR) is 83.5 cm³/mol. The summed E-state index contributed by atoms with van der Waals surface area (Å²) in [5.74, 6) is -0.583. The fourth-order valence-electron chi connectivity index (χ4n) is 1.63. The third kappa shape index (κ3) is 4.79. The number of anilines is 1. The van der Waals surface area contributed by atoms with Gasteiger partial charge < -0.3 is 14.5 Å². The standard InChI is InChI=1S/C16H14ClNO4/c1-11-4-6-14(13(17)9-11)18-15(19)10-22-16(20)7-5-12-3-2-8-21-12/h2-9H,10H2,1H3,(H,18,19). The Hall–Kier alpha value is -2.53. The molecule has 0 bridgehead atoms. The second kappa shape index (κ2) is 7.47. The van der Waals surface area contributed by atoms with E-state index in [9.17, 15) is 9.59 Å². The average molecular weight is 320 g/mol. The van der Waals surface area contributed by atoms with Crippen LogP contribution in [-0.2, 0) is 14.3 Å². The van der Waals surface area contributed by atoms with Crippen molar-refractivity contribution in [2.75, 3.05) is 11.9 Å². The van der Waals surface area contributed by atoms with E-state index in [2.05, 4.69) is 5.32 Å². The number of ether oxygens (including phenoxy) is 1. The van der Waals surface area contributed by atoms with Crippen molar-refractivity contribution in [3.05, 3.63) is 59.0 Å². The zero-order valence-corrected chi connectivity index (χ0v) is 12.6. The van der Waals surface area contributed by atoms with Gasteiger partial charge in [0.15, 0.2) is 6.61 Å². The van der Waals surface area contributed by atoms with Gasteiger partial charge in [-0.1, -0.05) is 17.7 Å². The number of furan rings is 1. The van der Waals surface area contributed by atoms with Crippen LogP contribution >= 0.6 is 11.6 Å². The Labute approximate surface area is 132 Å². The molecule has 0 unspecified atom stereocenters. The van der Waals surface area contributed by atoms with Crippen molar-refractivity contribution in [3.8, 4) is 0 Å². The van der Waals surface area contributed by atoms with Crippen LogP contribution < -0.4 is 5.32 Å². The first-order chi connectivity index (χ1) is 10.5. The molecule has 0 spiro atoms. The van der Waals surface area contributed by atoms with E-state index in [1.165, 1.54) is 18.4 Å². The van der Waals surface area contributed by atoms with Crippen molar-refractivity contribution in [2.45, 2.75) is 6.92 Å². The average Bonchev–Trinajstić information content (AvgIpc) is 2.99. The lowest BCUT2D eigenvalue weighted by Crippen LogP contribution is -2.20. The van der Waals surface area contributed by atoms with Crippen LogP contribution in [0.25, 0.3) is 6.08 Å². The van der Waals surface area contributed by atoms with Crippen molar-refractivity contribution >= 4 is 35.2 Å². The molecule has 0 aliphatic carbocycles. The molecule has 0 saturated carbocycles. The number of esters is 1. The molecular weight excluding hydrogens is 306 g/mol. The minimum Gasteiger partial charge on any atom is -0.465 e. The van der Waals surface area contributed by atoms with E-state index < -0.39 is 18.5 Å². The Kier molecular flexibility index (Phi) is 5.38.